The lowest BCUT2D eigenvalue weighted by atomic mass is 9.54. The molecule has 0 bridgehead atoms. The molecule has 0 fully saturated rings. The number of fused-ring (bicyclic) bond motifs is 1. The summed E-state index contributed by atoms with van der Waals surface area (Å²) in [5.74, 6) is -0.772. The Morgan fingerprint density at radius 3 is 2.12 bits per heavy atom. The molecule has 3 rings (SSSR count). The van der Waals surface area contributed by atoms with E-state index >= 15 is 0 Å². The van der Waals surface area contributed by atoms with Crippen LogP contribution in [0.15, 0.2) is 47.6 Å². The van der Waals surface area contributed by atoms with Gasteiger partial charge in [-0.3, -0.25) is 9.59 Å². The van der Waals surface area contributed by atoms with Crippen molar-refractivity contribution in [2.75, 3.05) is 14.2 Å². The molecule has 1 unspecified atom stereocenters. The maximum absolute atomic E-state index is 12.5. The van der Waals surface area contributed by atoms with Crippen molar-refractivity contribution in [2.24, 2.45) is 16.7 Å². The number of allylic oxidation sites excluding steroid dienone is 4. The second-order valence-corrected chi connectivity index (χ2v) is 8.16. The lowest BCUT2D eigenvalue weighted by Crippen LogP contribution is -2.46. The fourth-order valence-corrected chi connectivity index (χ4v) is 4.32. The smallest absolute Gasteiger partial charge is 0.323 e. The highest BCUT2D eigenvalue weighted by Gasteiger charge is 2.55. The molecular weight excluding hydrogens is 328 g/mol. The van der Waals surface area contributed by atoms with Crippen LogP contribution in [0, 0.1) is 16.7 Å². The van der Waals surface area contributed by atoms with Crippen LogP contribution in [-0.4, -0.2) is 26.2 Å². The molecule has 0 aliphatic heterocycles. The van der Waals surface area contributed by atoms with E-state index in [0.717, 1.165) is 11.1 Å². The quantitative estimate of drug-likeness (QED) is 0.604. The molecular formula is C22H26O4. The Kier molecular flexibility index (Phi) is 4.55. The van der Waals surface area contributed by atoms with Crippen molar-refractivity contribution in [3.8, 4) is 0 Å². The highest BCUT2D eigenvalue weighted by atomic mass is 16.5. The maximum Gasteiger partial charge on any atom is 0.323 e. The van der Waals surface area contributed by atoms with Crippen LogP contribution in [0.25, 0.3) is 5.57 Å². The largest absolute Gasteiger partial charge is 0.468 e. The van der Waals surface area contributed by atoms with E-state index in [2.05, 4.69) is 32.9 Å². The zero-order valence-electron chi connectivity index (χ0n) is 16.1. The van der Waals surface area contributed by atoms with Gasteiger partial charge in [-0.25, -0.2) is 0 Å². The lowest BCUT2D eigenvalue weighted by molar-refractivity contribution is -0.169. The number of methoxy groups -OCH3 is 2. The Hall–Kier alpha value is -2.36. The van der Waals surface area contributed by atoms with E-state index in [4.69, 9.17) is 9.47 Å². The number of carbonyl (C=O) groups excluding carboxylic acids is 2. The number of esters is 2. The first-order chi connectivity index (χ1) is 12.3. The molecule has 1 atom stereocenters. The predicted molar refractivity (Wildman–Crippen MR) is 100 cm³/mol. The van der Waals surface area contributed by atoms with Crippen molar-refractivity contribution in [1.29, 1.82) is 0 Å². The number of hydrogen-bond donors (Lipinski definition) is 0. The van der Waals surface area contributed by atoms with Crippen molar-refractivity contribution in [2.45, 2.75) is 33.6 Å². The molecule has 4 heteroatoms. The highest BCUT2D eigenvalue weighted by molar-refractivity contribution is 6.02. The zero-order valence-corrected chi connectivity index (χ0v) is 16.1. The van der Waals surface area contributed by atoms with E-state index in [0.29, 0.717) is 12.8 Å². The monoisotopic (exact) mass is 354 g/mol. The van der Waals surface area contributed by atoms with Crippen molar-refractivity contribution >= 4 is 17.5 Å². The van der Waals surface area contributed by atoms with Crippen molar-refractivity contribution < 1.29 is 19.1 Å². The molecule has 0 saturated carbocycles. The molecule has 0 N–H and O–H groups in total. The summed E-state index contributed by atoms with van der Waals surface area (Å²) in [6.45, 7) is 6.67. The van der Waals surface area contributed by atoms with E-state index in [1.54, 1.807) is 0 Å². The van der Waals surface area contributed by atoms with E-state index in [1.807, 2.05) is 24.3 Å². The van der Waals surface area contributed by atoms with Gasteiger partial charge in [-0.15, -0.1) is 0 Å². The average molecular weight is 354 g/mol. The summed E-state index contributed by atoms with van der Waals surface area (Å²) in [6.07, 6.45) is 2.68. The van der Waals surface area contributed by atoms with Crippen LogP contribution in [0.5, 0.6) is 0 Å². The summed E-state index contributed by atoms with van der Waals surface area (Å²) >= 11 is 0. The Bertz CT molecular complexity index is 777. The van der Waals surface area contributed by atoms with Crippen LogP contribution >= 0.6 is 0 Å². The van der Waals surface area contributed by atoms with Gasteiger partial charge in [0.25, 0.3) is 0 Å². The molecule has 0 amide bonds. The molecule has 0 saturated heterocycles. The molecule has 1 aromatic rings. The Balaban J connectivity index is 2.14. The minimum atomic E-state index is -1.29. The van der Waals surface area contributed by atoms with Crippen LogP contribution in [0.4, 0.5) is 0 Å². The molecule has 0 heterocycles. The molecule has 1 aromatic carbocycles. The minimum Gasteiger partial charge on any atom is -0.468 e. The van der Waals surface area contributed by atoms with Gasteiger partial charge in [0.15, 0.2) is 5.41 Å². The van der Waals surface area contributed by atoms with Crippen molar-refractivity contribution in [3.05, 3.63) is 53.1 Å². The van der Waals surface area contributed by atoms with Gasteiger partial charge in [-0.2, -0.15) is 0 Å². The van der Waals surface area contributed by atoms with Crippen molar-refractivity contribution in [1.82, 2.24) is 0 Å². The van der Waals surface area contributed by atoms with Crippen LogP contribution < -0.4 is 0 Å². The third-order valence-corrected chi connectivity index (χ3v) is 5.53. The maximum atomic E-state index is 12.5. The Morgan fingerprint density at radius 2 is 1.62 bits per heavy atom. The summed E-state index contributed by atoms with van der Waals surface area (Å²) < 4.78 is 9.93. The van der Waals surface area contributed by atoms with Gasteiger partial charge in [0, 0.05) is 12.3 Å². The summed E-state index contributed by atoms with van der Waals surface area (Å²) in [5.41, 5.74) is 3.46. The average Bonchev–Trinajstić information content (AvgIpc) is 2.61. The van der Waals surface area contributed by atoms with Crippen molar-refractivity contribution in [3.63, 3.8) is 0 Å². The predicted octanol–water partition coefficient (Wildman–Crippen LogP) is 4.17. The third-order valence-electron chi connectivity index (χ3n) is 5.53. The summed E-state index contributed by atoms with van der Waals surface area (Å²) in [5, 5.41) is 0. The molecule has 2 aliphatic carbocycles. The first kappa shape index (κ1) is 18.4. The molecule has 26 heavy (non-hydrogen) atoms. The molecule has 4 nitrogen and oxygen atoms in total. The van der Waals surface area contributed by atoms with Gasteiger partial charge >= 0.3 is 11.9 Å². The fraction of sp³-hybridized carbons (Fsp3) is 0.455. The molecule has 2 aliphatic rings. The number of carbonyl (C=O) groups is 2. The van der Waals surface area contributed by atoms with E-state index < -0.39 is 17.4 Å². The topological polar surface area (TPSA) is 52.6 Å². The molecule has 0 radical (unpaired) electrons. The Morgan fingerprint density at radius 1 is 1.04 bits per heavy atom. The van der Waals surface area contributed by atoms with Crippen LogP contribution in [0.1, 0.15) is 39.2 Å². The lowest BCUT2D eigenvalue weighted by Gasteiger charge is -2.49. The SMILES string of the molecule is COC(=O)C1(C(=O)OC)CC=C2C(=C(c3ccccc3)C2C(C)(C)C)C1. The fourth-order valence-electron chi connectivity index (χ4n) is 4.32. The van der Waals surface area contributed by atoms with Crippen LogP contribution in [0.2, 0.25) is 0 Å². The number of hydrogen-bond acceptors (Lipinski definition) is 4. The first-order valence-electron chi connectivity index (χ1n) is 8.92. The number of rotatable bonds is 3. The molecule has 0 spiro atoms. The first-order valence-corrected chi connectivity index (χ1v) is 8.92. The Labute approximate surface area is 154 Å². The van der Waals surface area contributed by atoms with Crippen LogP contribution in [-0.2, 0) is 19.1 Å². The highest BCUT2D eigenvalue weighted by Crippen LogP contribution is 2.60. The van der Waals surface area contributed by atoms with Gasteiger partial charge < -0.3 is 9.47 Å². The second kappa shape index (κ2) is 6.42. The summed E-state index contributed by atoms with van der Waals surface area (Å²) in [4.78, 5) is 25.0. The second-order valence-electron chi connectivity index (χ2n) is 8.16. The molecule has 0 aromatic heterocycles. The van der Waals surface area contributed by atoms with Gasteiger partial charge in [-0.1, -0.05) is 57.2 Å². The van der Waals surface area contributed by atoms with Gasteiger partial charge in [0.05, 0.1) is 14.2 Å². The number of benzene rings is 1. The van der Waals surface area contributed by atoms with Crippen LogP contribution in [0.3, 0.4) is 0 Å². The van der Waals surface area contributed by atoms with Gasteiger partial charge in [-0.05, 0) is 34.1 Å². The van der Waals surface area contributed by atoms with E-state index in [9.17, 15) is 9.59 Å². The van der Waals surface area contributed by atoms with E-state index in [-0.39, 0.29) is 11.3 Å². The summed E-state index contributed by atoms with van der Waals surface area (Å²) in [6, 6.07) is 10.2. The van der Waals surface area contributed by atoms with Gasteiger partial charge in [0.2, 0.25) is 0 Å². The normalized spacial score (nSPS) is 21.3. The van der Waals surface area contributed by atoms with E-state index in [1.165, 1.54) is 25.4 Å². The zero-order chi connectivity index (χ0) is 19.1. The van der Waals surface area contributed by atoms with Gasteiger partial charge in [0.1, 0.15) is 0 Å². The number of ether oxygens (including phenoxy) is 2. The standard InChI is InChI=1S/C22H26O4/c1-21(2,3)18-15-11-12-22(19(23)25-4,20(24)26-5)13-16(15)17(18)14-9-7-6-8-10-14/h6-11,18H,12-13H2,1-5H3. The summed E-state index contributed by atoms with van der Waals surface area (Å²) in [7, 11) is 2.63. The minimum absolute atomic E-state index is 0.0526. The molecule has 138 valence electrons. The third kappa shape index (κ3) is 2.68.